The van der Waals surface area contributed by atoms with Crippen LogP contribution >= 0.6 is 0 Å². The molecule has 0 aliphatic rings. The molecule has 0 saturated carbocycles. The zero-order valence-electron chi connectivity index (χ0n) is 33.5. The van der Waals surface area contributed by atoms with Crippen LogP contribution in [0.25, 0.3) is 128 Å². The summed E-state index contributed by atoms with van der Waals surface area (Å²) < 4.78 is 15.3. The Morgan fingerprint density at radius 3 is 1.63 bits per heavy atom. The largest absolute Gasteiger partial charge is 0.456 e. The molecule has 0 fully saturated rings. The summed E-state index contributed by atoms with van der Waals surface area (Å²) >= 11 is 0. The van der Waals surface area contributed by atoms with E-state index < -0.39 is 0 Å². The molecule has 0 amide bonds. The number of hydrogen-bond acceptors (Lipinski definition) is 7. The monoisotopic (exact) mass is 808 g/mol. The lowest BCUT2D eigenvalue weighted by Gasteiger charge is -2.11. The lowest BCUT2D eigenvalue weighted by atomic mass is 10.0. The topological polar surface area (TPSA) is 95.7 Å². The third kappa shape index (κ3) is 5.66. The van der Waals surface area contributed by atoms with Crippen molar-refractivity contribution < 1.29 is 8.83 Å². The van der Waals surface area contributed by atoms with Gasteiger partial charge in [0.1, 0.15) is 28.0 Å². The smallest absolute Gasteiger partial charge is 0.180 e. The van der Waals surface area contributed by atoms with Gasteiger partial charge in [0.2, 0.25) is 0 Å². The van der Waals surface area contributed by atoms with Gasteiger partial charge in [-0.2, -0.15) is 0 Å². The van der Waals surface area contributed by atoms with E-state index in [1.807, 2.05) is 103 Å². The number of rotatable bonds is 6. The average Bonchev–Trinajstić information content (AvgIpc) is 4.04. The number of fused-ring (bicyclic) bond motifs is 9. The summed E-state index contributed by atoms with van der Waals surface area (Å²) in [6, 6.07) is 65.8. The van der Waals surface area contributed by atoms with Gasteiger partial charge in [-0.1, -0.05) is 127 Å². The zero-order valence-corrected chi connectivity index (χ0v) is 33.5. The molecule has 0 aliphatic carbocycles. The van der Waals surface area contributed by atoms with Crippen LogP contribution in [0.4, 0.5) is 0 Å². The van der Waals surface area contributed by atoms with E-state index in [1.54, 1.807) is 0 Å². The number of nitrogens with zero attached hydrogens (tertiary/aromatic N) is 6. The number of aromatic nitrogens is 6. The fourth-order valence-electron chi connectivity index (χ4n) is 8.96. The second-order valence-electron chi connectivity index (χ2n) is 15.6. The van der Waals surface area contributed by atoms with Crippen LogP contribution in [0.1, 0.15) is 0 Å². The molecule has 0 radical (unpaired) electrons. The summed E-state index contributed by atoms with van der Waals surface area (Å²) in [5.41, 5.74) is 12.1. The van der Waals surface area contributed by atoms with Gasteiger partial charge < -0.3 is 13.4 Å². The molecule has 13 aromatic rings. The highest BCUT2D eigenvalue weighted by atomic mass is 16.3. The SMILES string of the molecule is c1ccc(-c2nc(-c3ccc(-n4c5ccccc5c5ccccc54)cc3)nc(-c3ccc4c(c3)oc3cccc(-c5nc(-c6ccccc6)c6oc7ccccc7c6n5)c34)n2)cc1. The minimum Gasteiger partial charge on any atom is -0.456 e. The summed E-state index contributed by atoms with van der Waals surface area (Å²) in [5.74, 6) is 2.29. The van der Waals surface area contributed by atoms with E-state index in [2.05, 4.69) is 95.6 Å². The first-order chi connectivity index (χ1) is 31.2. The van der Waals surface area contributed by atoms with Crippen molar-refractivity contribution in [3.63, 3.8) is 0 Å². The summed E-state index contributed by atoms with van der Waals surface area (Å²) in [7, 11) is 0. The van der Waals surface area contributed by atoms with E-state index in [9.17, 15) is 0 Å². The molecule has 0 unspecified atom stereocenters. The van der Waals surface area contributed by atoms with Crippen molar-refractivity contribution >= 4 is 65.8 Å². The van der Waals surface area contributed by atoms with E-state index in [1.165, 1.54) is 10.8 Å². The van der Waals surface area contributed by atoms with Crippen LogP contribution in [0.5, 0.6) is 0 Å². The van der Waals surface area contributed by atoms with Crippen molar-refractivity contribution in [3.05, 3.63) is 194 Å². The Hall–Kier alpha value is -8.75. The van der Waals surface area contributed by atoms with Crippen molar-refractivity contribution in [2.24, 2.45) is 0 Å². The Balaban J connectivity index is 0.938. The van der Waals surface area contributed by atoms with Crippen molar-refractivity contribution in [2.45, 2.75) is 0 Å². The van der Waals surface area contributed by atoms with Gasteiger partial charge >= 0.3 is 0 Å². The maximum atomic E-state index is 6.63. The molecule has 5 heterocycles. The van der Waals surface area contributed by atoms with E-state index in [-0.39, 0.29) is 0 Å². The molecule has 8 aromatic carbocycles. The Morgan fingerprint density at radius 1 is 0.349 bits per heavy atom. The molecule has 0 N–H and O–H groups in total. The van der Waals surface area contributed by atoms with Crippen molar-refractivity contribution in [1.29, 1.82) is 0 Å². The molecular formula is C55H32N6O2. The van der Waals surface area contributed by atoms with Gasteiger partial charge in [0.15, 0.2) is 28.9 Å². The molecule has 0 saturated heterocycles. The van der Waals surface area contributed by atoms with Crippen molar-refractivity contribution in [2.75, 3.05) is 0 Å². The van der Waals surface area contributed by atoms with E-state index in [4.69, 9.17) is 33.8 Å². The minimum atomic E-state index is 0.543. The molecule has 0 bridgehead atoms. The van der Waals surface area contributed by atoms with Crippen molar-refractivity contribution in [1.82, 2.24) is 29.5 Å². The quantitative estimate of drug-likeness (QED) is 0.165. The van der Waals surface area contributed by atoms with Crippen LogP contribution in [-0.2, 0) is 0 Å². The highest BCUT2D eigenvalue weighted by molar-refractivity contribution is 6.14. The van der Waals surface area contributed by atoms with E-state index in [0.29, 0.717) is 34.5 Å². The average molecular weight is 809 g/mol. The third-order valence-electron chi connectivity index (χ3n) is 11.9. The molecule has 63 heavy (non-hydrogen) atoms. The summed E-state index contributed by atoms with van der Waals surface area (Å²) in [5, 5.41) is 5.24. The van der Waals surface area contributed by atoms with Crippen LogP contribution in [0.15, 0.2) is 203 Å². The number of furan rings is 2. The molecule has 8 heteroatoms. The zero-order chi connectivity index (χ0) is 41.4. The predicted octanol–water partition coefficient (Wildman–Crippen LogP) is 13.9. The normalized spacial score (nSPS) is 11.8. The molecule has 0 atom stereocenters. The van der Waals surface area contributed by atoms with Gasteiger partial charge in [0, 0.05) is 60.4 Å². The Kier molecular flexibility index (Phi) is 7.74. The van der Waals surface area contributed by atoms with Crippen LogP contribution in [-0.4, -0.2) is 29.5 Å². The maximum absolute atomic E-state index is 6.63. The predicted molar refractivity (Wildman–Crippen MR) is 251 cm³/mol. The van der Waals surface area contributed by atoms with Gasteiger partial charge in [0.05, 0.1) is 11.0 Å². The summed E-state index contributed by atoms with van der Waals surface area (Å²) in [4.78, 5) is 25.5. The number of hydrogen-bond donors (Lipinski definition) is 0. The fraction of sp³-hybridized carbons (Fsp3) is 0. The van der Waals surface area contributed by atoms with E-state index in [0.717, 1.165) is 83.1 Å². The van der Waals surface area contributed by atoms with E-state index >= 15 is 0 Å². The first-order valence-electron chi connectivity index (χ1n) is 20.8. The Labute approximate surface area is 359 Å². The molecule has 5 aromatic heterocycles. The molecule has 0 spiro atoms. The maximum Gasteiger partial charge on any atom is 0.180 e. The second kappa shape index (κ2) is 13.9. The molecule has 294 valence electrons. The minimum absolute atomic E-state index is 0.543. The first-order valence-corrected chi connectivity index (χ1v) is 20.8. The highest BCUT2D eigenvalue weighted by Crippen LogP contribution is 2.41. The number of para-hydroxylation sites is 3. The van der Waals surface area contributed by atoms with Gasteiger partial charge in [-0.05, 0) is 66.7 Å². The second-order valence-corrected chi connectivity index (χ2v) is 15.6. The molecule has 0 aliphatic heterocycles. The highest BCUT2D eigenvalue weighted by Gasteiger charge is 2.22. The summed E-state index contributed by atoms with van der Waals surface area (Å²) in [6.45, 7) is 0. The van der Waals surface area contributed by atoms with Gasteiger partial charge in [-0.15, -0.1) is 0 Å². The standard InChI is InChI=1S/C55H32N6O2/c1-3-14-33(15-4-1)49-51-50(41-20-9-12-24-45(41)63-51)57-55(56-49)42-21-13-25-46-48(42)40-31-28-36(32-47(40)62-46)54-59-52(34-16-5-2-6-17-34)58-53(60-54)35-26-29-37(30-27-35)61-43-22-10-7-18-38(43)39-19-8-11-23-44(39)61/h1-32H. The van der Waals surface area contributed by atoms with Crippen LogP contribution in [0, 0.1) is 0 Å². The van der Waals surface area contributed by atoms with Gasteiger partial charge in [-0.3, -0.25) is 0 Å². The molecule has 8 nitrogen and oxygen atoms in total. The lowest BCUT2D eigenvalue weighted by molar-refractivity contribution is 0.667. The molecular weight excluding hydrogens is 777 g/mol. The van der Waals surface area contributed by atoms with Crippen molar-refractivity contribution in [3.8, 4) is 62.5 Å². The van der Waals surface area contributed by atoms with Crippen LogP contribution in [0.2, 0.25) is 0 Å². The van der Waals surface area contributed by atoms with Gasteiger partial charge in [0.25, 0.3) is 0 Å². The van der Waals surface area contributed by atoms with Gasteiger partial charge in [-0.25, -0.2) is 24.9 Å². The lowest BCUT2D eigenvalue weighted by Crippen LogP contribution is -2.00. The fourth-order valence-corrected chi connectivity index (χ4v) is 8.96. The third-order valence-corrected chi connectivity index (χ3v) is 11.9. The molecule has 13 rings (SSSR count). The Bertz CT molecular complexity index is 3860. The van der Waals surface area contributed by atoms with Crippen LogP contribution in [0.3, 0.4) is 0 Å². The number of benzene rings is 8. The van der Waals surface area contributed by atoms with Crippen LogP contribution < -0.4 is 0 Å². The first kappa shape index (κ1) is 35.0. The summed E-state index contributed by atoms with van der Waals surface area (Å²) in [6.07, 6.45) is 0. The Morgan fingerprint density at radius 2 is 0.921 bits per heavy atom.